The van der Waals surface area contributed by atoms with Crippen molar-refractivity contribution >= 4 is 46.0 Å². The number of fused-ring (bicyclic) bond motifs is 1. The van der Waals surface area contributed by atoms with Crippen molar-refractivity contribution in [2.24, 2.45) is 0 Å². The van der Waals surface area contributed by atoms with E-state index in [2.05, 4.69) is 25.5 Å². The van der Waals surface area contributed by atoms with Gasteiger partial charge in [0.05, 0.1) is 36.6 Å². The van der Waals surface area contributed by atoms with Gasteiger partial charge in [0, 0.05) is 56.7 Å². The lowest BCUT2D eigenvalue weighted by Gasteiger charge is -2.37. The van der Waals surface area contributed by atoms with Crippen LogP contribution in [0.25, 0.3) is 10.9 Å². The molecule has 1 spiro atoms. The van der Waals surface area contributed by atoms with Crippen LogP contribution < -0.4 is 15.4 Å². The van der Waals surface area contributed by atoms with E-state index < -0.39 is 5.82 Å². The predicted molar refractivity (Wildman–Crippen MR) is 146 cm³/mol. The quantitative estimate of drug-likeness (QED) is 0.322. The van der Waals surface area contributed by atoms with E-state index in [0.29, 0.717) is 17.3 Å². The number of rotatable bonds is 7. The Morgan fingerprint density at radius 2 is 1.95 bits per heavy atom. The molecule has 38 heavy (non-hydrogen) atoms. The van der Waals surface area contributed by atoms with Crippen molar-refractivity contribution in [2.75, 3.05) is 57.6 Å². The van der Waals surface area contributed by atoms with Crippen molar-refractivity contribution in [3.8, 4) is 5.75 Å². The number of carbonyl (C=O) groups excluding carboxylic acids is 1. The summed E-state index contributed by atoms with van der Waals surface area (Å²) in [5.74, 6) is 0.531. The Kier molecular flexibility index (Phi) is 9.46. The fraction of sp³-hybridized carbons (Fsp3) is 0.370. The third-order valence-corrected chi connectivity index (χ3v) is 6.71. The first-order valence-electron chi connectivity index (χ1n) is 12.3. The number of halogens is 2. The molecule has 2 fully saturated rings. The van der Waals surface area contributed by atoms with Crippen LogP contribution in [-0.2, 0) is 14.3 Å². The number of carbonyl (C=O) groups is 1. The summed E-state index contributed by atoms with van der Waals surface area (Å²) in [5.41, 5.74) is 2.18. The maximum Gasteiger partial charge on any atom is 0.170 e. The van der Waals surface area contributed by atoms with Crippen LogP contribution in [0.3, 0.4) is 0 Å². The number of aldehydes is 1. The van der Waals surface area contributed by atoms with Gasteiger partial charge in [0.1, 0.15) is 30.0 Å². The van der Waals surface area contributed by atoms with E-state index in [9.17, 15) is 9.18 Å². The Morgan fingerprint density at radius 3 is 2.61 bits per heavy atom. The van der Waals surface area contributed by atoms with E-state index >= 15 is 0 Å². The highest BCUT2D eigenvalue weighted by Crippen LogP contribution is 2.33. The van der Waals surface area contributed by atoms with Gasteiger partial charge in [-0.3, -0.25) is 9.69 Å². The standard InChI is InChI=1S/C16H14ClFN4O.C11H17NO3/c1-19-14-6-10-13(7-15(14)23-2)20-8-21-16(10)22-9-3-4-12(18)11(17)5-9;13-8-2-1-5-12-6-3-11(4-7-12)14-9-10-15-11/h3-8,19H,1-2H3,(H,20,21,22);1-2,8H,3-7,9-10H2/b;2-1+. The van der Waals surface area contributed by atoms with Crippen molar-refractivity contribution in [3.63, 3.8) is 0 Å². The van der Waals surface area contributed by atoms with Crippen LogP contribution in [0.15, 0.2) is 48.8 Å². The highest BCUT2D eigenvalue weighted by atomic mass is 35.5. The van der Waals surface area contributed by atoms with Gasteiger partial charge in [0.2, 0.25) is 0 Å². The number of ether oxygens (including phenoxy) is 3. The Balaban J connectivity index is 0.000000194. The number of anilines is 3. The van der Waals surface area contributed by atoms with E-state index in [4.69, 9.17) is 25.8 Å². The molecule has 3 heterocycles. The van der Waals surface area contributed by atoms with Crippen molar-refractivity contribution in [3.05, 3.63) is 59.7 Å². The third-order valence-electron chi connectivity index (χ3n) is 6.42. The molecule has 0 unspecified atom stereocenters. The maximum atomic E-state index is 13.3. The zero-order chi connectivity index (χ0) is 27.0. The van der Waals surface area contributed by atoms with E-state index in [0.717, 1.165) is 68.6 Å². The fourth-order valence-electron chi connectivity index (χ4n) is 4.39. The fourth-order valence-corrected chi connectivity index (χ4v) is 4.57. The number of piperidine rings is 1. The van der Waals surface area contributed by atoms with Gasteiger partial charge in [-0.2, -0.15) is 0 Å². The molecule has 3 aromatic rings. The first-order chi connectivity index (χ1) is 18.5. The summed E-state index contributed by atoms with van der Waals surface area (Å²) in [6.07, 6.45) is 7.57. The molecule has 0 radical (unpaired) electrons. The molecule has 2 aliphatic heterocycles. The normalized spacial score (nSPS) is 16.8. The molecule has 2 saturated heterocycles. The van der Waals surface area contributed by atoms with Crippen LogP contribution in [0.4, 0.5) is 21.6 Å². The first-order valence-corrected chi connectivity index (χ1v) is 12.7. The van der Waals surface area contributed by atoms with Gasteiger partial charge in [0.15, 0.2) is 5.79 Å². The molecule has 0 saturated carbocycles. The lowest BCUT2D eigenvalue weighted by Crippen LogP contribution is -2.45. The van der Waals surface area contributed by atoms with Gasteiger partial charge in [-0.05, 0) is 30.3 Å². The van der Waals surface area contributed by atoms with Gasteiger partial charge >= 0.3 is 0 Å². The summed E-state index contributed by atoms with van der Waals surface area (Å²) in [4.78, 5) is 20.9. The summed E-state index contributed by atoms with van der Waals surface area (Å²) < 4.78 is 29.9. The van der Waals surface area contributed by atoms with Crippen LogP contribution in [0, 0.1) is 5.82 Å². The van der Waals surface area contributed by atoms with Crippen LogP contribution in [-0.4, -0.2) is 73.9 Å². The van der Waals surface area contributed by atoms with Crippen LogP contribution in [0.5, 0.6) is 5.75 Å². The van der Waals surface area contributed by atoms with Crippen molar-refractivity contribution in [1.82, 2.24) is 14.9 Å². The van der Waals surface area contributed by atoms with Gasteiger partial charge in [-0.15, -0.1) is 0 Å². The summed E-state index contributed by atoms with van der Waals surface area (Å²) in [7, 11) is 3.41. The van der Waals surface area contributed by atoms with Gasteiger partial charge in [-0.1, -0.05) is 17.7 Å². The number of aromatic nitrogens is 2. The number of hydrogen-bond donors (Lipinski definition) is 2. The Hall–Kier alpha value is -3.31. The Labute approximate surface area is 225 Å². The highest BCUT2D eigenvalue weighted by Gasteiger charge is 2.39. The summed E-state index contributed by atoms with van der Waals surface area (Å²) in [6, 6.07) is 8.12. The minimum atomic E-state index is -0.466. The highest BCUT2D eigenvalue weighted by molar-refractivity contribution is 6.31. The Bertz CT molecular complexity index is 1280. The minimum absolute atomic E-state index is 0.0472. The van der Waals surface area contributed by atoms with Gasteiger partial charge < -0.3 is 24.8 Å². The lowest BCUT2D eigenvalue weighted by molar-refractivity contribution is -0.184. The molecule has 2 N–H and O–H groups in total. The molecular formula is C27H31ClFN5O4. The van der Waals surface area contributed by atoms with Crippen LogP contribution in [0.1, 0.15) is 12.8 Å². The molecule has 11 heteroatoms. The molecule has 9 nitrogen and oxygen atoms in total. The third kappa shape index (κ3) is 6.76. The van der Waals surface area contributed by atoms with Crippen LogP contribution >= 0.6 is 11.6 Å². The van der Waals surface area contributed by atoms with E-state index in [1.807, 2.05) is 18.2 Å². The van der Waals surface area contributed by atoms with Crippen molar-refractivity contribution < 1.29 is 23.4 Å². The second kappa shape index (κ2) is 13.0. The van der Waals surface area contributed by atoms with Gasteiger partial charge in [-0.25, -0.2) is 14.4 Å². The molecule has 2 aliphatic rings. The number of nitrogens with zero attached hydrogens (tertiary/aromatic N) is 3. The molecule has 1 aromatic heterocycles. The summed E-state index contributed by atoms with van der Waals surface area (Å²) in [5, 5.41) is 7.05. The SMILES string of the molecule is CNc1cc2c(Nc3ccc(F)c(Cl)c3)ncnc2cc1OC.O=C/C=C/CN1CCC2(CC1)OCCO2. The maximum absolute atomic E-state index is 13.3. The molecular weight excluding hydrogens is 513 g/mol. The van der Waals surface area contributed by atoms with Gasteiger partial charge in [0.25, 0.3) is 0 Å². The minimum Gasteiger partial charge on any atom is -0.495 e. The molecule has 0 amide bonds. The van der Waals surface area contributed by atoms with E-state index in [-0.39, 0.29) is 10.8 Å². The zero-order valence-corrected chi connectivity index (χ0v) is 22.1. The number of hydrogen-bond acceptors (Lipinski definition) is 9. The summed E-state index contributed by atoms with van der Waals surface area (Å²) in [6.45, 7) is 4.25. The van der Waals surface area contributed by atoms with Crippen molar-refractivity contribution in [1.29, 1.82) is 0 Å². The second-order valence-electron chi connectivity index (χ2n) is 8.77. The van der Waals surface area contributed by atoms with Crippen LogP contribution in [0.2, 0.25) is 5.02 Å². The lowest BCUT2D eigenvalue weighted by atomic mass is 10.0. The number of likely N-dealkylation sites (tertiary alicyclic amines) is 1. The number of methoxy groups -OCH3 is 1. The zero-order valence-electron chi connectivity index (χ0n) is 21.4. The predicted octanol–water partition coefficient (Wildman–Crippen LogP) is 4.80. The van der Waals surface area contributed by atoms with E-state index in [1.54, 1.807) is 26.3 Å². The number of nitrogens with one attached hydrogen (secondary N) is 2. The number of benzene rings is 2. The van der Waals surface area contributed by atoms with E-state index in [1.165, 1.54) is 18.5 Å². The molecule has 0 aliphatic carbocycles. The smallest absolute Gasteiger partial charge is 0.170 e. The molecule has 2 aromatic carbocycles. The largest absolute Gasteiger partial charge is 0.495 e. The molecule has 0 atom stereocenters. The van der Waals surface area contributed by atoms with Crippen molar-refractivity contribution in [2.45, 2.75) is 18.6 Å². The molecule has 5 rings (SSSR count). The monoisotopic (exact) mass is 543 g/mol. The topological polar surface area (TPSA) is 97.8 Å². The first kappa shape index (κ1) is 27.7. The molecule has 0 bridgehead atoms. The average molecular weight is 544 g/mol. The summed E-state index contributed by atoms with van der Waals surface area (Å²) >= 11 is 5.81. The number of allylic oxidation sites excluding steroid dienone is 1. The average Bonchev–Trinajstić information content (AvgIpc) is 3.39. The Morgan fingerprint density at radius 1 is 1.18 bits per heavy atom. The second-order valence-corrected chi connectivity index (χ2v) is 9.18. The molecule has 202 valence electrons.